The Morgan fingerprint density at radius 2 is 2.28 bits per heavy atom. The molecule has 1 aromatic heterocycles. The van der Waals surface area contributed by atoms with Crippen LogP contribution in [0.1, 0.15) is 11.3 Å². The Bertz CT molecular complexity index is 630. The smallest absolute Gasteiger partial charge is 0.139 e. The molecule has 94 valence electrons. The topological polar surface area (TPSA) is 34.2 Å². The van der Waals surface area contributed by atoms with Gasteiger partial charge in [-0.1, -0.05) is 0 Å². The summed E-state index contributed by atoms with van der Waals surface area (Å²) in [7, 11) is 1.86. The van der Waals surface area contributed by atoms with Crippen molar-refractivity contribution in [3.63, 3.8) is 0 Å². The molecule has 0 spiro atoms. The van der Waals surface area contributed by atoms with Crippen molar-refractivity contribution in [2.45, 2.75) is 13.0 Å². The summed E-state index contributed by atoms with van der Waals surface area (Å²) in [5.74, 6) is -0.288. The Labute approximate surface area is 112 Å². The lowest BCUT2D eigenvalue weighted by molar-refractivity contribution is 0.110. The number of hydrogen-bond acceptors (Lipinski definition) is 3. The molecule has 0 radical (unpaired) electrons. The highest BCUT2D eigenvalue weighted by Gasteiger charge is 2.18. The molecule has 0 unspecified atom stereocenters. The van der Waals surface area contributed by atoms with Gasteiger partial charge in [0.15, 0.2) is 0 Å². The number of rotatable bonds is 1. The van der Waals surface area contributed by atoms with Crippen LogP contribution >= 0.6 is 15.9 Å². The van der Waals surface area contributed by atoms with E-state index in [0.717, 1.165) is 28.8 Å². The predicted octanol–water partition coefficient (Wildman–Crippen LogP) is 3.25. The number of hydrogen-bond donors (Lipinski definition) is 1. The van der Waals surface area contributed by atoms with Gasteiger partial charge in [-0.15, -0.1) is 0 Å². The van der Waals surface area contributed by atoms with Gasteiger partial charge in [-0.25, -0.2) is 4.39 Å². The van der Waals surface area contributed by atoms with E-state index < -0.39 is 0 Å². The number of aromatic nitrogens is 1. The summed E-state index contributed by atoms with van der Waals surface area (Å²) in [6, 6.07) is 3.23. The molecular weight excluding hydrogens is 299 g/mol. The van der Waals surface area contributed by atoms with E-state index in [0.29, 0.717) is 23.2 Å². The minimum Gasteiger partial charge on any atom is -0.387 e. The van der Waals surface area contributed by atoms with Gasteiger partial charge in [-0.2, -0.15) is 0 Å². The Hall–Kier alpha value is -1.20. The third-order valence-electron chi connectivity index (χ3n) is 3.19. The van der Waals surface area contributed by atoms with Crippen LogP contribution in [-0.2, 0) is 17.8 Å². The Morgan fingerprint density at radius 3 is 3.06 bits per heavy atom. The quantitative estimate of drug-likeness (QED) is 0.878. The molecule has 3 nitrogen and oxygen atoms in total. The second-order valence-electron chi connectivity index (χ2n) is 4.25. The van der Waals surface area contributed by atoms with Gasteiger partial charge in [0, 0.05) is 30.5 Å². The highest BCUT2D eigenvalue weighted by atomic mass is 79.9. The van der Waals surface area contributed by atoms with Crippen molar-refractivity contribution < 1.29 is 9.13 Å². The summed E-state index contributed by atoms with van der Waals surface area (Å²) in [5.41, 5.74) is 3.74. The second-order valence-corrected chi connectivity index (χ2v) is 5.10. The summed E-state index contributed by atoms with van der Waals surface area (Å²) in [5, 5.41) is 4.09. The van der Waals surface area contributed by atoms with Gasteiger partial charge < -0.3 is 10.1 Å². The Morgan fingerprint density at radius 1 is 1.44 bits per heavy atom. The SMILES string of the molecule is CNc1c2c(nc3cc(F)c(Br)cc13)CCOC2. The van der Waals surface area contributed by atoms with E-state index in [9.17, 15) is 4.39 Å². The van der Waals surface area contributed by atoms with Crippen LogP contribution in [0.15, 0.2) is 16.6 Å². The Kier molecular flexibility index (Phi) is 2.95. The third kappa shape index (κ3) is 1.78. The zero-order valence-corrected chi connectivity index (χ0v) is 11.5. The zero-order chi connectivity index (χ0) is 12.7. The molecule has 1 aromatic carbocycles. The summed E-state index contributed by atoms with van der Waals surface area (Å²) < 4.78 is 19.5. The first kappa shape index (κ1) is 11.9. The fourth-order valence-electron chi connectivity index (χ4n) is 2.34. The molecule has 5 heteroatoms. The summed E-state index contributed by atoms with van der Waals surface area (Å²) in [6.45, 7) is 1.23. The molecule has 0 aliphatic carbocycles. The van der Waals surface area contributed by atoms with Crippen LogP contribution in [0.3, 0.4) is 0 Å². The van der Waals surface area contributed by atoms with Gasteiger partial charge in [0.05, 0.1) is 34.6 Å². The Balaban J connectivity index is 2.36. The van der Waals surface area contributed by atoms with Crippen molar-refractivity contribution in [3.05, 3.63) is 33.7 Å². The number of nitrogens with one attached hydrogen (secondary N) is 1. The van der Waals surface area contributed by atoms with E-state index in [4.69, 9.17) is 4.74 Å². The van der Waals surface area contributed by atoms with E-state index in [-0.39, 0.29) is 5.82 Å². The molecule has 1 N–H and O–H groups in total. The first-order chi connectivity index (χ1) is 8.70. The lowest BCUT2D eigenvalue weighted by Crippen LogP contribution is -2.14. The molecule has 18 heavy (non-hydrogen) atoms. The first-order valence-electron chi connectivity index (χ1n) is 5.76. The van der Waals surface area contributed by atoms with E-state index in [2.05, 4.69) is 26.2 Å². The number of fused-ring (bicyclic) bond motifs is 2. The first-order valence-corrected chi connectivity index (χ1v) is 6.56. The van der Waals surface area contributed by atoms with Crippen molar-refractivity contribution in [3.8, 4) is 0 Å². The van der Waals surface area contributed by atoms with Crippen LogP contribution < -0.4 is 5.32 Å². The average Bonchev–Trinajstić information content (AvgIpc) is 2.38. The number of anilines is 1. The summed E-state index contributed by atoms with van der Waals surface area (Å²) >= 11 is 3.21. The van der Waals surface area contributed by atoms with Gasteiger partial charge in [0.2, 0.25) is 0 Å². The van der Waals surface area contributed by atoms with Gasteiger partial charge in [0.1, 0.15) is 5.82 Å². The van der Waals surface area contributed by atoms with Gasteiger partial charge in [-0.3, -0.25) is 4.98 Å². The molecule has 0 saturated carbocycles. The maximum atomic E-state index is 13.6. The minimum atomic E-state index is -0.288. The van der Waals surface area contributed by atoms with Gasteiger partial charge in [0.25, 0.3) is 0 Å². The van der Waals surface area contributed by atoms with Crippen molar-refractivity contribution in [1.82, 2.24) is 4.98 Å². The number of pyridine rings is 1. The second kappa shape index (κ2) is 4.48. The number of benzene rings is 1. The van der Waals surface area contributed by atoms with E-state index >= 15 is 0 Å². The highest BCUT2D eigenvalue weighted by Crippen LogP contribution is 2.33. The molecule has 0 fully saturated rings. The standard InChI is InChI=1S/C13H12BrFN2O/c1-16-13-7-4-9(14)10(15)5-12(7)17-11-2-3-18-6-8(11)13/h4-5H,2-3,6H2,1H3,(H,16,17). The van der Waals surface area contributed by atoms with Crippen LogP contribution in [0.5, 0.6) is 0 Å². The fourth-order valence-corrected chi connectivity index (χ4v) is 2.68. The van der Waals surface area contributed by atoms with Crippen molar-refractivity contribution >= 4 is 32.5 Å². The molecule has 0 bridgehead atoms. The molecule has 2 aromatic rings. The zero-order valence-electron chi connectivity index (χ0n) is 9.89. The number of nitrogens with zero attached hydrogens (tertiary/aromatic N) is 1. The van der Waals surface area contributed by atoms with Crippen LogP contribution in [0.4, 0.5) is 10.1 Å². The molecule has 0 amide bonds. The molecule has 1 aliphatic rings. The van der Waals surface area contributed by atoms with Gasteiger partial charge in [-0.05, 0) is 22.0 Å². The molecule has 3 rings (SSSR count). The van der Waals surface area contributed by atoms with E-state index in [1.54, 1.807) is 6.07 Å². The largest absolute Gasteiger partial charge is 0.387 e. The third-order valence-corrected chi connectivity index (χ3v) is 3.80. The molecule has 2 heterocycles. The maximum Gasteiger partial charge on any atom is 0.139 e. The van der Waals surface area contributed by atoms with Gasteiger partial charge >= 0.3 is 0 Å². The van der Waals surface area contributed by atoms with Crippen molar-refractivity contribution in [2.75, 3.05) is 19.0 Å². The molecular formula is C13H12BrFN2O. The normalized spacial score (nSPS) is 14.6. The van der Waals surface area contributed by atoms with Crippen LogP contribution in [0, 0.1) is 5.82 Å². The van der Waals surface area contributed by atoms with Crippen molar-refractivity contribution in [1.29, 1.82) is 0 Å². The van der Waals surface area contributed by atoms with Crippen LogP contribution in [0.2, 0.25) is 0 Å². The average molecular weight is 311 g/mol. The minimum absolute atomic E-state index is 0.288. The molecule has 0 atom stereocenters. The summed E-state index contributed by atoms with van der Waals surface area (Å²) in [6.07, 6.45) is 0.775. The van der Waals surface area contributed by atoms with Crippen LogP contribution in [-0.4, -0.2) is 18.6 Å². The van der Waals surface area contributed by atoms with E-state index in [1.807, 2.05) is 7.05 Å². The molecule has 0 saturated heterocycles. The monoisotopic (exact) mass is 310 g/mol. The van der Waals surface area contributed by atoms with Crippen molar-refractivity contribution in [2.24, 2.45) is 0 Å². The van der Waals surface area contributed by atoms with E-state index in [1.165, 1.54) is 6.07 Å². The highest BCUT2D eigenvalue weighted by molar-refractivity contribution is 9.10. The molecule has 1 aliphatic heterocycles. The lowest BCUT2D eigenvalue weighted by atomic mass is 10.0. The fraction of sp³-hybridized carbons (Fsp3) is 0.308. The lowest BCUT2D eigenvalue weighted by Gasteiger charge is -2.21. The number of halogens is 2. The summed E-state index contributed by atoms with van der Waals surface area (Å²) in [4.78, 5) is 4.55. The van der Waals surface area contributed by atoms with Crippen LogP contribution in [0.25, 0.3) is 10.9 Å². The maximum absolute atomic E-state index is 13.6. The predicted molar refractivity (Wildman–Crippen MR) is 72.3 cm³/mol. The number of ether oxygens (including phenoxy) is 1.